The van der Waals surface area contributed by atoms with E-state index in [0.29, 0.717) is 5.69 Å². The van der Waals surface area contributed by atoms with Gasteiger partial charge in [-0.05, 0) is 26.0 Å². The van der Waals surface area contributed by atoms with E-state index in [1.54, 1.807) is 0 Å². The molecule has 2 rings (SSSR count). The first-order valence-electron chi connectivity index (χ1n) is 6.26. The van der Waals surface area contributed by atoms with E-state index in [1.807, 2.05) is 29.9 Å². The molecule has 0 saturated carbocycles. The Balaban J connectivity index is 2.32. The van der Waals surface area contributed by atoms with Crippen LogP contribution in [0, 0.1) is 13.8 Å². The number of aromatic nitrogens is 2. The van der Waals surface area contributed by atoms with Gasteiger partial charge in [-0.15, -0.1) is 0 Å². The molecule has 0 aliphatic rings. The monoisotopic (exact) mass is 311 g/mol. The van der Waals surface area contributed by atoms with Crippen molar-refractivity contribution >= 4 is 16.0 Å². The molecule has 114 valence electrons. The lowest BCUT2D eigenvalue weighted by Crippen LogP contribution is -2.25. The molecule has 2 aromatic heterocycles. The molecule has 0 fully saturated rings. The minimum absolute atomic E-state index is 0.00545. The van der Waals surface area contributed by atoms with Crippen LogP contribution in [0.2, 0.25) is 0 Å². The average molecular weight is 311 g/mol. The summed E-state index contributed by atoms with van der Waals surface area (Å²) in [4.78, 5) is 13.6. The lowest BCUT2D eigenvalue weighted by Gasteiger charge is -2.08. The van der Waals surface area contributed by atoms with Gasteiger partial charge in [0, 0.05) is 30.2 Å². The third kappa shape index (κ3) is 2.86. The van der Waals surface area contributed by atoms with E-state index in [9.17, 15) is 13.2 Å². The number of carboxylic acid groups (broad SMARTS) is 1. The summed E-state index contributed by atoms with van der Waals surface area (Å²) in [5, 5.41) is 9.04. The normalized spacial score (nSPS) is 11.8. The smallest absolute Gasteiger partial charge is 0.352 e. The van der Waals surface area contributed by atoms with Crippen molar-refractivity contribution < 1.29 is 18.3 Å². The number of rotatable bonds is 5. The minimum atomic E-state index is -3.79. The van der Waals surface area contributed by atoms with Gasteiger partial charge in [-0.3, -0.25) is 0 Å². The zero-order valence-electron chi connectivity index (χ0n) is 12.0. The second-order valence-corrected chi connectivity index (χ2v) is 6.52. The van der Waals surface area contributed by atoms with Crippen LogP contribution in [0.4, 0.5) is 0 Å². The van der Waals surface area contributed by atoms with Gasteiger partial charge >= 0.3 is 5.97 Å². The number of carbonyl (C=O) groups is 1. The summed E-state index contributed by atoms with van der Waals surface area (Å²) in [6.45, 7) is 3.15. The fourth-order valence-corrected chi connectivity index (χ4v) is 3.71. The molecular formula is C13H17N3O4S. The fraction of sp³-hybridized carbons (Fsp3) is 0.308. The highest BCUT2D eigenvalue weighted by Gasteiger charge is 2.26. The number of hydrogen-bond donors (Lipinski definition) is 3. The molecular weight excluding hydrogens is 294 g/mol. The lowest BCUT2D eigenvalue weighted by molar-refractivity contribution is 0.0690. The van der Waals surface area contributed by atoms with Crippen LogP contribution in [0.25, 0.3) is 0 Å². The molecule has 0 aliphatic heterocycles. The zero-order valence-corrected chi connectivity index (χ0v) is 12.8. The molecule has 0 aliphatic carbocycles. The van der Waals surface area contributed by atoms with E-state index in [0.717, 1.165) is 5.69 Å². The molecule has 0 amide bonds. The third-order valence-corrected chi connectivity index (χ3v) is 5.02. The number of nitrogens with one attached hydrogen (secondary N) is 2. The van der Waals surface area contributed by atoms with Gasteiger partial charge in [0.1, 0.15) is 10.6 Å². The molecule has 2 aromatic rings. The first kappa shape index (κ1) is 15.3. The van der Waals surface area contributed by atoms with E-state index >= 15 is 0 Å². The highest BCUT2D eigenvalue weighted by Crippen LogP contribution is 2.23. The summed E-state index contributed by atoms with van der Waals surface area (Å²) < 4.78 is 29.1. The van der Waals surface area contributed by atoms with Crippen LogP contribution in [0.15, 0.2) is 23.2 Å². The molecule has 0 aromatic carbocycles. The van der Waals surface area contributed by atoms with Crippen LogP contribution < -0.4 is 4.72 Å². The van der Waals surface area contributed by atoms with Crippen molar-refractivity contribution in [2.24, 2.45) is 7.05 Å². The number of carboxylic acids is 1. The number of aromatic amines is 1. The van der Waals surface area contributed by atoms with Crippen molar-refractivity contribution in [1.29, 1.82) is 0 Å². The molecule has 0 bridgehead atoms. The van der Waals surface area contributed by atoms with Crippen LogP contribution >= 0.6 is 0 Å². The summed E-state index contributed by atoms with van der Waals surface area (Å²) in [7, 11) is -1.97. The van der Waals surface area contributed by atoms with Crippen molar-refractivity contribution in [3.8, 4) is 0 Å². The van der Waals surface area contributed by atoms with Crippen molar-refractivity contribution in [2.45, 2.75) is 25.3 Å². The molecule has 0 unspecified atom stereocenters. The van der Waals surface area contributed by atoms with Gasteiger partial charge in [0.05, 0.1) is 6.54 Å². The van der Waals surface area contributed by atoms with Gasteiger partial charge in [-0.25, -0.2) is 17.9 Å². The van der Waals surface area contributed by atoms with Gasteiger partial charge < -0.3 is 14.7 Å². The number of aryl methyl sites for hydroxylation is 2. The van der Waals surface area contributed by atoms with Crippen LogP contribution in [0.5, 0.6) is 0 Å². The molecule has 2 heterocycles. The van der Waals surface area contributed by atoms with Gasteiger partial charge in [0.25, 0.3) is 0 Å². The number of nitrogens with zero attached hydrogens (tertiary/aromatic N) is 1. The molecule has 3 N–H and O–H groups in total. The summed E-state index contributed by atoms with van der Waals surface area (Å²) in [6, 6.07) is 3.63. The van der Waals surface area contributed by atoms with Gasteiger partial charge in [0.15, 0.2) is 0 Å². The maximum absolute atomic E-state index is 12.4. The second kappa shape index (κ2) is 5.38. The Morgan fingerprint density at radius 1 is 1.43 bits per heavy atom. The Bertz CT molecular complexity index is 786. The Labute approximate surface area is 122 Å². The van der Waals surface area contributed by atoms with E-state index < -0.39 is 16.0 Å². The maximum Gasteiger partial charge on any atom is 0.352 e. The van der Waals surface area contributed by atoms with Crippen LogP contribution in [0.1, 0.15) is 27.4 Å². The fourth-order valence-electron chi connectivity index (χ4n) is 2.27. The lowest BCUT2D eigenvalue weighted by atomic mass is 10.2. The summed E-state index contributed by atoms with van der Waals surface area (Å²) >= 11 is 0. The minimum Gasteiger partial charge on any atom is -0.477 e. The quantitative estimate of drug-likeness (QED) is 0.770. The van der Waals surface area contributed by atoms with Crippen molar-refractivity contribution in [2.75, 3.05) is 0 Å². The molecule has 7 nitrogen and oxygen atoms in total. The van der Waals surface area contributed by atoms with Crippen molar-refractivity contribution in [1.82, 2.24) is 14.3 Å². The molecule has 0 radical (unpaired) electrons. The molecule has 8 heteroatoms. The first-order valence-corrected chi connectivity index (χ1v) is 7.74. The second-order valence-electron chi connectivity index (χ2n) is 4.82. The number of aromatic carboxylic acids is 1. The van der Waals surface area contributed by atoms with Gasteiger partial charge in [-0.1, -0.05) is 0 Å². The Morgan fingerprint density at radius 3 is 2.57 bits per heavy atom. The Hall–Kier alpha value is -2.06. The summed E-state index contributed by atoms with van der Waals surface area (Å²) in [5.41, 5.74) is 1.22. The van der Waals surface area contributed by atoms with Crippen LogP contribution in [0.3, 0.4) is 0 Å². The summed E-state index contributed by atoms with van der Waals surface area (Å²) in [6.07, 6.45) is 1.82. The largest absolute Gasteiger partial charge is 0.477 e. The van der Waals surface area contributed by atoms with E-state index in [2.05, 4.69) is 9.71 Å². The van der Waals surface area contributed by atoms with E-state index in [1.165, 1.54) is 13.8 Å². The van der Waals surface area contributed by atoms with Crippen LogP contribution in [-0.2, 0) is 23.6 Å². The van der Waals surface area contributed by atoms with Crippen molar-refractivity contribution in [3.05, 3.63) is 41.0 Å². The molecule has 0 spiro atoms. The van der Waals surface area contributed by atoms with Gasteiger partial charge in [-0.2, -0.15) is 0 Å². The highest BCUT2D eigenvalue weighted by molar-refractivity contribution is 7.89. The van der Waals surface area contributed by atoms with Crippen LogP contribution in [-0.4, -0.2) is 29.0 Å². The number of sulfonamides is 1. The predicted molar refractivity (Wildman–Crippen MR) is 76.7 cm³/mol. The van der Waals surface area contributed by atoms with E-state index in [4.69, 9.17) is 5.11 Å². The molecule has 0 atom stereocenters. The zero-order chi connectivity index (χ0) is 15.8. The first-order chi connectivity index (χ1) is 9.74. The number of H-pyrrole nitrogens is 1. The highest BCUT2D eigenvalue weighted by atomic mass is 32.2. The Kier molecular flexibility index (Phi) is 3.93. The van der Waals surface area contributed by atoms with E-state index in [-0.39, 0.29) is 22.7 Å². The van der Waals surface area contributed by atoms with Crippen molar-refractivity contribution in [3.63, 3.8) is 0 Å². The average Bonchev–Trinajstić information content (AvgIpc) is 2.91. The maximum atomic E-state index is 12.4. The molecule has 0 saturated heterocycles. The third-order valence-electron chi connectivity index (χ3n) is 3.35. The summed E-state index contributed by atoms with van der Waals surface area (Å²) in [5.74, 6) is -1.18. The SMILES string of the molecule is Cc1[nH]c(C(=O)O)c(C)c1S(=O)(=O)NCc1cccn1C. The number of hydrogen-bond acceptors (Lipinski definition) is 3. The predicted octanol–water partition coefficient (Wildman–Crippen LogP) is 1.15. The standard InChI is InChI=1S/C13H17N3O4S/c1-8-11(13(17)18)15-9(2)12(8)21(19,20)14-7-10-5-4-6-16(10)3/h4-6,14-15H,7H2,1-3H3,(H,17,18). The topological polar surface area (TPSA) is 104 Å². The van der Waals surface area contributed by atoms with Gasteiger partial charge in [0.2, 0.25) is 10.0 Å². The Morgan fingerprint density at radius 2 is 2.10 bits per heavy atom. The molecule has 21 heavy (non-hydrogen) atoms.